The molecule has 1 aliphatic carbocycles. The molecule has 0 aromatic carbocycles. The number of imidazole rings is 1. The van der Waals surface area contributed by atoms with E-state index in [-0.39, 0.29) is 5.38 Å². The van der Waals surface area contributed by atoms with E-state index in [0.29, 0.717) is 11.3 Å². The highest BCUT2D eigenvalue weighted by Gasteiger charge is 2.42. The van der Waals surface area contributed by atoms with Crippen molar-refractivity contribution in [3.63, 3.8) is 0 Å². The van der Waals surface area contributed by atoms with E-state index in [4.69, 9.17) is 16.3 Å². The summed E-state index contributed by atoms with van der Waals surface area (Å²) < 4.78 is 7.42. The number of hydrogen-bond donors (Lipinski definition) is 0. The maximum Gasteiger partial charge on any atom is 0.215 e. The molecule has 2 aromatic heterocycles. The second kappa shape index (κ2) is 4.92. The summed E-state index contributed by atoms with van der Waals surface area (Å²) in [6.45, 7) is 5.17. The summed E-state index contributed by atoms with van der Waals surface area (Å²) in [4.78, 5) is 9.21. The lowest BCUT2D eigenvalue weighted by Crippen LogP contribution is -2.14. The number of aromatic nitrogens is 3. The number of hydrogen-bond acceptors (Lipinski definition) is 3. The molecular weight excluding hydrogens is 274 g/mol. The summed E-state index contributed by atoms with van der Waals surface area (Å²) >= 11 is 6.30. The number of pyridine rings is 1. The predicted octanol–water partition coefficient (Wildman–Crippen LogP) is 3.93. The quantitative estimate of drug-likeness (QED) is 0.784. The maximum atomic E-state index is 6.30. The van der Waals surface area contributed by atoms with Crippen LogP contribution in [0.5, 0.6) is 5.88 Å². The van der Waals surface area contributed by atoms with E-state index in [1.165, 1.54) is 19.3 Å². The Labute approximate surface area is 124 Å². The van der Waals surface area contributed by atoms with Gasteiger partial charge in [0.2, 0.25) is 5.88 Å². The van der Waals surface area contributed by atoms with Crippen LogP contribution in [0.4, 0.5) is 0 Å². The highest BCUT2D eigenvalue weighted by Crippen LogP contribution is 2.50. The number of rotatable bonds is 5. The highest BCUT2D eigenvalue weighted by atomic mass is 35.5. The van der Waals surface area contributed by atoms with Crippen molar-refractivity contribution in [3.05, 3.63) is 18.0 Å². The molecule has 1 fully saturated rings. The van der Waals surface area contributed by atoms with Crippen LogP contribution in [-0.4, -0.2) is 21.6 Å². The minimum atomic E-state index is -0.122. The molecule has 0 amide bonds. The average molecular weight is 294 g/mol. The molecular formula is C15H20ClN3O. The third-order valence-electron chi connectivity index (χ3n) is 4.36. The van der Waals surface area contributed by atoms with Gasteiger partial charge in [0.05, 0.1) is 12.5 Å². The van der Waals surface area contributed by atoms with E-state index in [1.54, 1.807) is 7.11 Å². The lowest BCUT2D eigenvalue weighted by Gasteiger charge is -2.17. The molecule has 1 atom stereocenters. The Balaban J connectivity index is 2.11. The number of ether oxygens (including phenoxy) is 1. The molecule has 2 heterocycles. The molecule has 0 N–H and O–H groups in total. The van der Waals surface area contributed by atoms with E-state index in [2.05, 4.69) is 21.5 Å². The Morgan fingerprint density at radius 2 is 2.15 bits per heavy atom. The van der Waals surface area contributed by atoms with Crippen LogP contribution >= 0.6 is 11.6 Å². The van der Waals surface area contributed by atoms with E-state index in [9.17, 15) is 0 Å². The fraction of sp³-hybridized carbons (Fsp3) is 0.600. The maximum absolute atomic E-state index is 6.30. The van der Waals surface area contributed by atoms with Gasteiger partial charge >= 0.3 is 0 Å². The highest BCUT2D eigenvalue weighted by molar-refractivity contribution is 6.20. The molecule has 0 radical (unpaired) electrons. The molecule has 1 aliphatic rings. The first kappa shape index (κ1) is 13.7. The van der Waals surface area contributed by atoms with Crippen LogP contribution in [0, 0.1) is 5.41 Å². The SMILES string of the molecule is CCC1(Cn2c(C(C)Cl)nc3ccc(OC)nc32)CC1. The Morgan fingerprint density at radius 3 is 2.70 bits per heavy atom. The Hall–Kier alpha value is -1.29. The van der Waals surface area contributed by atoms with Crippen LogP contribution in [0.1, 0.15) is 44.3 Å². The van der Waals surface area contributed by atoms with E-state index >= 15 is 0 Å². The van der Waals surface area contributed by atoms with Crippen LogP contribution in [0.25, 0.3) is 11.2 Å². The van der Waals surface area contributed by atoms with Gasteiger partial charge in [-0.15, -0.1) is 11.6 Å². The number of halogens is 1. The molecule has 2 aromatic rings. The van der Waals surface area contributed by atoms with E-state index in [0.717, 1.165) is 23.5 Å². The van der Waals surface area contributed by atoms with E-state index < -0.39 is 0 Å². The molecule has 1 saturated carbocycles. The first-order valence-electron chi connectivity index (χ1n) is 7.14. The third-order valence-corrected chi connectivity index (χ3v) is 4.56. The van der Waals surface area contributed by atoms with Gasteiger partial charge in [-0.25, -0.2) is 4.98 Å². The van der Waals surface area contributed by atoms with Crippen LogP contribution in [0.3, 0.4) is 0 Å². The van der Waals surface area contributed by atoms with Crippen molar-refractivity contribution in [2.45, 2.75) is 45.0 Å². The smallest absolute Gasteiger partial charge is 0.215 e. The molecule has 5 heteroatoms. The van der Waals surface area contributed by atoms with Crippen molar-refractivity contribution in [1.82, 2.24) is 14.5 Å². The van der Waals surface area contributed by atoms with Gasteiger partial charge in [-0.05, 0) is 37.7 Å². The first-order chi connectivity index (χ1) is 9.58. The van der Waals surface area contributed by atoms with Gasteiger partial charge in [-0.3, -0.25) is 0 Å². The van der Waals surface area contributed by atoms with Gasteiger partial charge in [0.15, 0.2) is 5.65 Å². The monoisotopic (exact) mass is 293 g/mol. The summed E-state index contributed by atoms with van der Waals surface area (Å²) in [5.41, 5.74) is 2.19. The second-order valence-corrected chi connectivity index (χ2v) is 6.38. The summed E-state index contributed by atoms with van der Waals surface area (Å²) in [6.07, 6.45) is 3.75. The minimum absolute atomic E-state index is 0.122. The summed E-state index contributed by atoms with van der Waals surface area (Å²) in [5.74, 6) is 1.52. The Morgan fingerprint density at radius 1 is 1.40 bits per heavy atom. The lowest BCUT2D eigenvalue weighted by atomic mass is 10.0. The summed E-state index contributed by atoms with van der Waals surface area (Å²) in [6, 6.07) is 3.79. The fourth-order valence-corrected chi connectivity index (χ4v) is 2.88. The standard InChI is InChI=1S/C15H20ClN3O/c1-4-15(7-8-15)9-19-13(10(2)16)17-11-5-6-12(20-3)18-14(11)19/h5-6,10H,4,7-9H2,1-3H3. The first-order valence-corrected chi connectivity index (χ1v) is 7.57. The number of alkyl halides is 1. The topological polar surface area (TPSA) is 39.9 Å². The van der Waals surface area contributed by atoms with Crippen molar-refractivity contribution < 1.29 is 4.74 Å². The molecule has 0 saturated heterocycles. The van der Waals surface area contributed by atoms with Gasteiger partial charge in [-0.1, -0.05) is 6.92 Å². The molecule has 108 valence electrons. The molecule has 3 rings (SSSR count). The van der Waals surface area contributed by atoms with Gasteiger partial charge in [0.25, 0.3) is 0 Å². The molecule has 0 aliphatic heterocycles. The van der Waals surface area contributed by atoms with Gasteiger partial charge in [-0.2, -0.15) is 4.98 Å². The molecule has 1 unspecified atom stereocenters. The minimum Gasteiger partial charge on any atom is -0.481 e. The van der Waals surface area contributed by atoms with Crippen molar-refractivity contribution >= 4 is 22.8 Å². The van der Waals surface area contributed by atoms with Crippen molar-refractivity contribution in [1.29, 1.82) is 0 Å². The fourth-order valence-electron chi connectivity index (χ4n) is 2.71. The zero-order chi connectivity index (χ0) is 14.3. The Bertz CT molecular complexity index is 631. The van der Waals surface area contributed by atoms with Gasteiger partial charge < -0.3 is 9.30 Å². The zero-order valence-electron chi connectivity index (χ0n) is 12.2. The average Bonchev–Trinajstić information content (AvgIpc) is 3.14. The zero-order valence-corrected chi connectivity index (χ0v) is 12.9. The third kappa shape index (κ3) is 2.26. The second-order valence-electron chi connectivity index (χ2n) is 5.72. The lowest BCUT2D eigenvalue weighted by molar-refractivity contribution is 0.392. The summed E-state index contributed by atoms with van der Waals surface area (Å²) in [5, 5.41) is -0.122. The van der Waals surface area contributed by atoms with Gasteiger partial charge in [0, 0.05) is 12.6 Å². The number of methoxy groups -OCH3 is 1. The predicted molar refractivity (Wildman–Crippen MR) is 80.3 cm³/mol. The van der Waals surface area contributed by atoms with Crippen LogP contribution in [0.15, 0.2) is 12.1 Å². The van der Waals surface area contributed by atoms with E-state index in [1.807, 2.05) is 19.1 Å². The van der Waals surface area contributed by atoms with Crippen LogP contribution < -0.4 is 4.74 Å². The van der Waals surface area contributed by atoms with Crippen LogP contribution in [-0.2, 0) is 6.54 Å². The van der Waals surface area contributed by atoms with Crippen molar-refractivity contribution in [2.24, 2.45) is 5.41 Å². The molecule has 0 bridgehead atoms. The van der Waals surface area contributed by atoms with Crippen LogP contribution in [0.2, 0.25) is 0 Å². The van der Waals surface area contributed by atoms with Gasteiger partial charge in [0.1, 0.15) is 11.3 Å². The Kier molecular flexibility index (Phi) is 3.36. The molecule has 0 spiro atoms. The normalized spacial score (nSPS) is 18.2. The largest absolute Gasteiger partial charge is 0.481 e. The number of nitrogens with zero attached hydrogens (tertiary/aromatic N) is 3. The molecule has 4 nitrogen and oxygen atoms in total. The van der Waals surface area contributed by atoms with Crippen molar-refractivity contribution in [3.8, 4) is 5.88 Å². The summed E-state index contributed by atoms with van der Waals surface area (Å²) in [7, 11) is 1.63. The number of fused-ring (bicyclic) bond motifs is 1. The van der Waals surface area contributed by atoms with Crippen molar-refractivity contribution in [2.75, 3.05) is 7.11 Å². The molecule has 20 heavy (non-hydrogen) atoms.